The van der Waals surface area contributed by atoms with Crippen LogP contribution in [-0.4, -0.2) is 37.9 Å². The van der Waals surface area contributed by atoms with Crippen molar-refractivity contribution in [3.05, 3.63) is 45.8 Å². The molecule has 0 aliphatic rings. The van der Waals surface area contributed by atoms with Crippen molar-refractivity contribution in [1.29, 1.82) is 0 Å². The van der Waals surface area contributed by atoms with Crippen molar-refractivity contribution in [2.24, 2.45) is 0 Å². The number of hydrogen-bond acceptors (Lipinski definition) is 9. The summed E-state index contributed by atoms with van der Waals surface area (Å²) in [6.07, 6.45) is 0. The van der Waals surface area contributed by atoms with Crippen LogP contribution < -0.4 is 5.73 Å². The number of nitrogen functional groups attached to an aromatic ring is 1. The summed E-state index contributed by atoms with van der Waals surface area (Å²) < 4.78 is 39.2. The van der Waals surface area contributed by atoms with Crippen molar-refractivity contribution < 1.29 is 37.4 Å². The standard InChI is InChI=1S/C17H15F2NO6S2/c1-24-15(22)11-10(12(16(23)25-2)28-13(11)20)7-26-14(21)8-3-5-9(6-4-8)27-17(18)19/h3-6,17H,7,20H2,1-2H3. The maximum absolute atomic E-state index is 12.3. The van der Waals surface area contributed by atoms with Crippen molar-refractivity contribution in [2.45, 2.75) is 17.3 Å². The molecule has 0 atom stereocenters. The number of rotatable bonds is 7. The molecule has 7 nitrogen and oxygen atoms in total. The number of alkyl halides is 2. The lowest BCUT2D eigenvalue weighted by atomic mass is 10.1. The second kappa shape index (κ2) is 9.51. The third kappa shape index (κ3) is 4.98. The van der Waals surface area contributed by atoms with E-state index in [1.54, 1.807) is 0 Å². The van der Waals surface area contributed by atoms with Crippen LogP contribution in [0.1, 0.15) is 36.0 Å². The highest BCUT2D eigenvalue weighted by atomic mass is 32.2. The molecule has 11 heteroatoms. The van der Waals surface area contributed by atoms with Gasteiger partial charge in [0, 0.05) is 10.5 Å². The summed E-state index contributed by atoms with van der Waals surface area (Å²) in [6, 6.07) is 5.38. The molecule has 150 valence electrons. The van der Waals surface area contributed by atoms with E-state index in [2.05, 4.69) is 9.47 Å². The predicted octanol–water partition coefficient (Wildman–Crippen LogP) is 3.58. The van der Waals surface area contributed by atoms with E-state index < -0.39 is 30.3 Å². The molecule has 28 heavy (non-hydrogen) atoms. The smallest absolute Gasteiger partial charge is 0.348 e. The Kier molecular flexibility index (Phi) is 7.35. The highest BCUT2D eigenvalue weighted by Gasteiger charge is 2.28. The van der Waals surface area contributed by atoms with Crippen LogP contribution in [0.5, 0.6) is 0 Å². The number of carbonyl (C=O) groups is 3. The Morgan fingerprint density at radius 2 is 1.68 bits per heavy atom. The van der Waals surface area contributed by atoms with Gasteiger partial charge in [-0.2, -0.15) is 8.78 Å². The summed E-state index contributed by atoms with van der Waals surface area (Å²) in [5.74, 6) is -4.88. The van der Waals surface area contributed by atoms with Gasteiger partial charge in [0.1, 0.15) is 22.0 Å². The summed E-state index contributed by atoms with van der Waals surface area (Å²) in [7, 11) is 2.30. The van der Waals surface area contributed by atoms with E-state index >= 15 is 0 Å². The zero-order chi connectivity index (χ0) is 20.8. The van der Waals surface area contributed by atoms with Crippen LogP contribution in [-0.2, 0) is 20.8 Å². The molecular formula is C17H15F2NO6S2. The largest absolute Gasteiger partial charge is 0.465 e. The SMILES string of the molecule is COC(=O)c1sc(N)c(C(=O)OC)c1COC(=O)c1ccc(SC(F)F)cc1. The Morgan fingerprint density at radius 3 is 2.21 bits per heavy atom. The number of hydrogen-bond donors (Lipinski definition) is 1. The van der Waals surface area contributed by atoms with Crippen molar-refractivity contribution in [3.63, 3.8) is 0 Å². The lowest BCUT2D eigenvalue weighted by molar-refractivity contribution is 0.0452. The summed E-state index contributed by atoms with van der Waals surface area (Å²) >= 11 is 1.16. The molecule has 0 saturated heterocycles. The second-order valence-electron chi connectivity index (χ2n) is 5.11. The van der Waals surface area contributed by atoms with Gasteiger partial charge < -0.3 is 19.9 Å². The molecule has 2 aromatic rings. The van der Waals surface area contributed by atoms with Gasteiger partial charge in [0.25, 0.3) is 5.76 Å². The topological polar surface area (TPSA) is 105 Å². The molecule has 1 aromatic carbocycles. The molecule has 0 radical (unpaired) electrons. The Labute approximate surface area is 166 Å². The number of ether oxygens (including phenoxy) is 3. The molecule has 2 rings (SSSR count). The van der Waals surface area contributed by atoms with Gasteiger partial charge in [-0.3, -0.25) is 0 Å². The van der Waals surface area contributed by atoms with E-state index in [-0.39, 0.29) is 31.5 Å². The van der Waals surface area contributed by atoms with Gasteiger partial charge in [-0.05, 0) is 24.3 Å². The third-order valence-corrected chi connectivity index (χ3v) is 5.22. The zero-order valence-electron chi connectivity index (χ0n) is 14.7. The molecule has 1 heterocycles. The van der Waals surface area contributed by atoms with Crippen LogP contribution in [0, 0.1) is 0 Å². The first-order valence-electron chi connectivity index (χ1n) is 7.58. The zero-order valence-corrected chi connectivity index (χ0v) is 16.3. The number of anilines is 1. The average Bonchev–Trinajstić information content (AvgIpc) is 3.01. The first kappa shape index (κ1) is 21.6. The van der Waals surface area contributed by atoms with Crippen molar-refractivity contribution in [2.75, 3.05) is 20.0 Å². The number of thiophene rings is 1. The molecular weight excluding hydrogens is 416 g/mol. The summed E-state index contributed by atoms with van der Waals surface area (Å²) in [5, 5.41) is 0.0201. The quantitative estimate of drug-likeness (QED) is 0.403. The van der Waals surface area contributed by atoms with Crippen molar-refractivity contribution in [3.8, 4) is 0 Å². The van der Waals surface area contributed by atoms with Crippen molar-refractivity contribution >= 4 is 46.0 Å². The molecule has 0 spiro atoms. The molecule has 1 aromatic heterocycles. The van der Waals surface area contributed by atoms with Gasteiger partial charge in [0.15, 0.2) is 0 Å². The molecule has 0 amide bonds. The lowest BCUT2D eigenvalue weighted by Crippen LogP contribution is -2.12. The van der Waals surface area contributed by atoms with Crippen LogP contribution in [0.2, 0.25) is 0 Å². The van der Waals surface area contributed by atoms with E-state index in [0.717, 1.165) is 25.6 Å². The maximum Gasteiger partial charge on any atom is 0.348 e. The minimum atomic E-state index is -2.57. The molecule has 0 unspecified atom stereocenters. The Bertz CT molecular complexity index is 883. The maximum atomic E-state index is 12.3. The highest BCUT2D eigenvalue weighted by Crippen LogP contribution is 2.33. The van der Waals surface area contributed by atoms with Gasteiger partial charge in [-0.1, -0.05) is 11.8 Å². The minimum Gasteiger partial charge on any atom is -0.465 e. The Morgan fingerprint density at radius 1 is 1.07 bits per heavy atom. The fourth-order valence-corrected chi connectivity index (χ4v) is 3.68. The van der Waals surface area contributed by atoms with Gasteiger partial charge in [-0.15, -0.1) is 11.3 Å². The number of esters is 3. The second-order valence-corrected chi connectivity index (χ2v) is 7.23. The van der Waals surface area contributed by atoms with E-state index in [1.165, 1.54) is 24.3 Å². The first-order valence-corrected chi connectivity index (χ1v) is 9.27. The minimum absolute atomic E-state index is 0.0110. The van der Waals surface area contributed by atoms with E-state index in [1.807, 2.05) is 0 Å². The van der Waals surface area contributed by atoms with Crippen LogP contribution in [0.3, 0.4) is 0 Å². The van der Waals surface area contributed by atoms with Gasteiger partial charge in [-0.25, -0.2) is 14.4 Å². The number of methoxy groups -OCH3 is 2. The average molecular weight is 431 g/mol. The monoisotopic (exact) mass is 431 g/mol. The fraction of sp³-hybridized carbons (Fsp3) is 0.235. The van der Waals surface area contributed by atoms with E-state index in [4.69, 9.17) is 10.5 Å². The van der Waals surface area contributed by atoms with E-state index in [9.17, 15) is 23.2 Å². The molecule has 0 saturated carbocycles. The number of benzene rings is 1. The normalized spacial score (nSPS) is 10.6. The Balaban J connectivity index is 2.22. The molecule has 0 aliphatic heterocycles. The molecule has 0 bridgehead atoms. The Hall–Kier alpha value is -2.66. The summed E-state index contributed by atoms with van der Waals surface area (Å²) in [6.45, 7) is -0.436. The van der Waals surface area contributed by atoms with Crippen LogP contribution >= 0.6 is 23.1 Å². The molecule has 0 aliphatic carbocycles. The first-order chi connectivity index (χ1) is 13.3. The van der Waals surface area contributed by atoms with Gasteiger partial charge >= 0.3 is 17.9 Å². The summed E-state index contributed by atoms with van der Waals surface area (Å²) in [4.78, 5) is 36.4. The van der Waals surface area contributed by atoms with Crippen LogP contribution in [0.25, 0.3) is 0 Å². The molecule has 2 N–H and O–H groups in total. The number of thioether (sulfide) groups is 1. The van der Waals surface area contributed by atoms with Crippen LogP contribution in [0.15, 0.2) is 29.2 Å². The van der Waals surface area contributed by atoms with Crippen molar-refractivity contribution in [1.82, 2.24) is 0 Å². The predicted molar refractivity (Wildman–Crippen MR) is 98.8 cm³/mol. The number of nitrogens with two attached hydrogens (primary N) is 1. The van der Waals surface area contributed by atoms with Gasteiger partial charge in [0.2, 0.25) is 0 Å². The summed E-state index contributed by atoms with van der Waals surface area (Å²) in [5.41, 5.74) is 5.89. The lowest BCUT2D eigenvalue weighted by Gasteiger charge is -2.08. The number of carbonyl (C=O) groups excluding carboxylic acids is 3. The highest BCUT2D eigenvalue weighted by molar-refractivity contribution is 7.99. The van der Waals surface area contributed by atoms with E-state index in [0.29, 0.717) is 11.8 Å². The fourth-order valence-electron chi connectivity index (χ4n) is 2.20. The number of halogens is 2. The third-order valence-electron chi connectivity index (χ3n) is 3.46. The van der Waals surface area contributed by atoms with Gasteiger partial charge in [0.05, 0.1) is 19.8 Å². The van der Waals surface area contributed by atoms with Crippen LogP contribution in [0.4, 0.5) is 13.8 Å². The molecule has 0 fully saturated rings.